The molecule has 1 saturated carbocycles. The lowest BCUT2D eigenvalue weighted by atomic mass is 9.75. The van der Waals surface area contributed by atoms with Crippen LogP contribution in [0.3, 0.4) is 0 Å². The lowest BCUT2D eigenvalue weighted by Gasteiger charge is -2.44. The van der Waals surface area contributed by atoms with Crippen molar-refractivity contribution in [3.63, 3.8) is 0 Å². The number of amides is 2. The van der Waals surface area contributed by atoms with Gasteiger partial charge in [0.2, 0.25) is 11.8 Å². The molecule has 2 aliphatic heterocycles. The monoisotopic (exact) mass is 359 g/mol. The Balaban J connectivity index is 1.38. The average Bonchev–Trinajstić information content (AvgIpc) is 3.39. The second-order valence-corrected chi connectivity index (χ2v) is 8.57. The van der Waals surface area contributed by atoms with Crippen LogP contribution in [0.1, 0.15) is 70.6 Å². The Morgan fingerprint density at radius 2 is 1.92 bits per heavy atom. The Morgan fingerprint density at radius 1 is 1.15 bits per heavy atom. The molecule has 2 aliphatic carbocycles. The van der Waals surface area contributed by atoms with Crippen LogP contribution in [-0.4, -0.2) is 53.8 Å². The zero-order chi connectivity index (χ0) is 18.0. The Hall–Kier alpha value is -1.36. The molecule has 26 heavy (non-hydrogen) atoms. The maximum Gasteiger partial charge on any atom is 0.232 e. The average molecular weight is 360 g/mol. The van der Waals surface area contributed by atoms with Crippen LogP contribution in [0.25, 0.3) is 0 Å². The molecule has 1 unspecified atom stereocenters. The number of piperidine rings is 1. The van der Waals surface area contributed by atoms with Crippen molar-refractivity contribution in [2.45, 2.75) is 76.7 Å². The molecule has 5 heteroatoms. The number of allylic oxidation sites excluding steroid dienone is 1. The molecule has 4 rings (SSSR count). The van der Waals surface area contributed by atoms with Crippen LogP contribution in [0.15, 0.2) is 11.8 Å². The van der Waals surface area contributed by atoms with Crippen LogP contribution in [-0.2, 0) is 9.59 Å². The minimum Gasteiger partial charge on any atom is -0.355 e. The summed E-state index contributed by atoms with van der Waals surface area (Å²) in [5.41, 5.74) is 0.599. The number of hydrogen-bond acceptors (Lipinski definition) is 3. The van der Waals surface area contributed by atoms with Crippen molar-refractivity contribution in [3.8, 4) is 0 Å². The molecule has 4 aliphatic rings. The summed E-state index contributed by atoms with van der Waals surface area (Å²) in [4.78, 5) is 30.3. The van der Waals surface area contributed by atoms with Gasteiger partial charge in [0.25, 0.3) is 0 Å². The molecule has 0 spiro atoms. The van der Waals surface area contributed by atoms with E-state index in [2.05, 4.69) is 16.3 Å². The van der Waals surface area contributed by atoms with E-state index in [9.17, 15) is 9.59 Å². The topological polar surface area (TPSA) is 52.7 Å². The Kier molecular flexibility index (Phi) is 5.35. The SMILES string of the molecule is O=C1CCC2(C(=O)NCCCN3CCCC3)CCC=C2N1C1CCCC1. The first-order valence-corrected chi connectivity index (χ1v) is 10.7. The Morgan fingerprint density at radius 3 is 2.69 bits per heavy atom. The normalized spacial score (nSPS) is 29.9. The van der Waals surface area contributed by atoms with Gasteiger partial charge in [-0.15, -0.1) is 0 Å². The Labute approximate surface area is 157 Å². The van der Waals surface area contributed by atoms with Gasteiger partial charge in [-0.25, -0.2) is 0 Å². The van der Waals surface area contributed by atoms with E-state index in [0.29, 0.717) is 18.9 Å². The summed E-state index contributed by atoms with van der Waals surface area (Å²) >= 11 is 0. The van der Waals surface area contributed by atoms with E-state index in [1.807, 2.05) is 4.90 Å². The minimum atomic E-state index is -0.440. The van der Waals surface area contributed by atoms with E-state index in [1.54, 1.807) is 0 Å². The van der Waals surface area contributed by atoms with Crippen molar-refractivity contribution in [2.75, 3.05) is 26.2 Å². The molecule has 2 heterocycles. The van der Waals surface area contributed by atoms with Gasteiger partial charge in [-0.3, -0.25) is 9.59 Å². The lowest BCUT2D eigenvalue weighted by Crippen LogP contribution is -2.53. The molecule has 0 radical (unpaired) electrons. The summed E-state index contributed by atoms with van der Waals surface area (Å²) in [6.45, 7) is 4.26. The van der Waals surface area contributed by atoms with Gasteiger partial charge in [-0.05, 0) is 71.0 Å². The van der Waals surface area contributed by atoms with E-state index in [1.165, 1.54) is 38.8 Å². The highest BCUT2D eigenvalue weighted by molar-refractivity contribution is 5.91. The van der Waals surface area contributed by atoms with Gasteiger partial charge in [-0.2, -0.15) is 0 Å². The number of nitrogens with one attached hydrogen (secondary N) is 1. The highest BCUT2D eigenvalue weighted by Crippen LogP contribution is 2.50. The number of carbonyl (C=O) groups excluding carboxylic acids is 2. The summed E-state index contributed by atoms with van der Waals surface area (Å²) in [5, 5.41) is 3.22. The van der Waals surface area contributed by atoms with Crippen LogP contribution in [0.4, 0.5) is 0 Å². The molecule has 0 aromatic carbocycles. The molecule has 1 atom stereocenters. The highest BCUT2D eigenvalue weighted by Gasteiger charge is 2.52. The van der Waals surface area contributed by atoms with E-state index >= 15 is 0 Å². The van der Waals surface area contributed by atoms with Crippen molar-refractivity contribution >= 4 is 11.8 Å². The van der Waals surface area contributed by atoms with E-state index in [0.717, 1.165) is 50.9 Å². The second kappa shape index (κ2) is 7.71. The van der Waals surface area contributed by atoms with Gasteiger partial charge in [0.15, 0.2) is 0 Å². The molecule has 0 bridgehead atoms. The summed E-state index contributed by atoms with van der Waals surface area (Å²) < 4.78 is 0. The van der Waals surface area contributed by atoms with Crippen LogP contribution in [0.2, 0.25) is 0 Å². The number of rotatable bonds is 6. The van der Waals surface area contributed by atoms with Gasteiger partial charge in [0.1, 0.15) is 0 Å². The maximum absolute atomic E-state index is 13.2. The summed E-state index contributed by atoms with van der Waals surface area (Å²) in [5.74, 6) is 0.403. The van der Waals surface area contributed by atoms with Crippen LogP contribution in [0, 0.1) is 5.41 Å². The van der Waals surface area contributed by atoms with Crippen molar-refractivity contribution < 1.29 is 9.59 Å². The van der Waals surface area contributed by atoms with Gasteiger partial charge in [0.05, 0.1) is 5.41 Å². The van der Waals surface area contributed by atoms with Gasteiger partial charge >= 0.3 is 0 Å². The predicted octanol–water partition coefficient (Wildman–Crippen LogP) is 2.82. The number of hydrogen-bond donors (Lipinski definition) is 1. The minimum absolute atomic E-state index is 0.165. The van der Waals surface area contributed by atoms with Crippen molar-refractivity contribution in [1.82, 2.24) is 15.1 Å². The van der Waals surface area contributed by atoms with Crippen molar-refractivity contribution in [1.29, 1.82) is 0 Å². The molecular weight excluding hydrogens is 326 g/mol. The molecule has 144 valence electrons. The molecule has 0 aromatic rings. The van der Waals surface area contributed by atoms with E-state index < -0.39 is 5.41 Å². The third-order valence-corrected chi connectivity index (χ3v) is 6.95. The quantitative estimate of drug-likeness (QED) is 0.742. The number of likely N-dealkylation sites (tertiary alicyclic amines) is 2. The van der Waals surface area contributed by atoms with Crippen molar-refractivity contribution in [2.24, 2.45) is 5.41 Å². The maximum atomic E-state index is 13.2. The first-order valence-electron chi connectivity index (χ1n) is 10.7. The standard InChI is InChI=1S/C21H33N3O2/c25-19-10-12-21(20(26)22-13-6-16-23-14-3-4-15-23)11-5-9-18(21)24(19)17-7-1-2-8-17/h9,17H,1-8,10-16H2,(H,22,26). The fourth-order valence-corrected chi connectivity index (χ4v) is 5.52. The fraction of sp³-hybridized carbons (Fsp3) is 0.810. The number of carbonyl (C=O) groups is 2. The third-order valence-electron chi connectivity index (χ3n) is 6.95. The zero-order valence-corrected chi connectivity index (χ0v) is 16.0. The smallest absolute Gasteiger partial charge is 0.232 e. The van der Waals surface area contributed by atoms with Crippen LogP contribution in [0.5, 0.6) is 0 Å². The van der Waals surface area contributed by atoms with Gasteiger partial charge < -0.3 is 15.1 Å². The third kappa shape index (κ3) is 3.30. The van der Waals surface area contributed by atoms with Gasteiger partial charge in [-0.1, -0.05) is 18.9 Å². The molecule has 2 amide bonds. The second-order valence-electron chi connectivity index (χ2n) is 8.57. The molecule has 0 aromatic heterocycles. The lowest BCUT2D eigenvalue weighted by molar-refractivity contribution is -0.141. The summed E-state index contributed by atoms with van der Waals surface area (Å²) in [6.07, 6.45) is 13.4. The molecule has 5 nitrogen and oxygen atoms in total. The Bertz CT molecular complexity index is 576. The van der Waals surface area contributed by atoms with E-state index in [-0.39, 0.29) is 11.8 Å². The molecule has 3 fully saturated rings. The van der Waals surface area contributed by atoms with Gasteiger partial charge in [0, 0.05) is 24.7 Å². The first kappa shape index (κ1) is 18.0. The van der Waals surface area contributed by atoms with Crippen LogP contribution < -0.4 is 5.32 Å². The largest absolute Gasteiger partial charge is 0.355 e. The molecular formula is C21H33N3O2. The predicted molar refractivity (Wildman–Crippen MR) is 101 cm³/mol. The first-order chi connectivity index (χ1) is 12.7. The highest BCUT2D eigenvalue weighted by atomic mass is 16.2. The zero-order valence-electron chi connectivity index (χ0n) is 16.0. The molecule has 2 saturated heterocycles. The number of nitrogens with zero attached hydrogens (tertiary/aromatic N) is 2. The fourth-order valence-electron chi connectivity index (χ4n) is 5.52. The van der Waals surface area contributed by atoms with E-state index in [4.69, 9.17) is 0 Å². The van der Waals surface area contributed by atoms with Crippen LogP contribution >= 0.6 is 0 Å². The molecule has 1 N–H and O–H groups in total. The number of fused-ring (bicyclic) bond motifs is 1. The summed E-state index contributed by atoms with van der Waals surface area (Å²) in [7, 11) is 0. The van der Waals surface area contributed by atoms with Crippen molar-refractivity contribution in [3.05, 3.63) is 11.8 Å². The summed E-state index contributed by atoms with van der Waals surface area (Å²) in [6, 6.07) is 0.328.